The highest BCUT2D eigenvalue weighted by Gasteiger charge is 2.28. The fraction of sp³-hybridized carbons (Fsp3) is 0.364. The third kappa shape index (κ3) is 5.10. The molecule has 0 spiro atoms. The van der Waals surface area contributed by atoms with E-state index >= 15 is 0 Å². The average Bonchev–Trinajstić information content (AvgIpc) is 3.02. The van der Waals surface area contributed by atoms with Gasteiger partial charge in [-0.05, 0) is 35.1 Å². The van der Waals surface area contributed by atoms with Crippen molar-refractivity contribution >= 4 is 12.1 Å². The quantitative estimate of drug-likeness (QED) is 0.610. The molecule has 0 heterocycles. The normalized spacial score (nSPS) is 12.3. The summed E-state index contributed by atoms with van der Waals surface area (Å²) in [6, 6.07) is 16.4. The number of nitrogens with one attached hydrogen (secondary N) is 1. The van der Waals surface area contributed by atoms with Gasteiger partial charge in [-0.25, -0.2) is 4.79 Å². The highest BCUT2D eigenvalue weighted by atomic mass is 16.5. The summed E-state index contributed by atoms with van der Waals surface area (Å²) >= 11 is 0. The van der Waals surface area contributed by atoms with Gasteiger partial charge in [0.15, 0.2) is 0 Å². The van der Waals surface area contributed by atoms with Gasteiger partial charge in [-0.1, -0.05) is 48.5 Å². The molecule has 2 aromatic carbocycles. The van der Waals surface area contributed by atoms with Crippen molar-refractivity contribution in [1.29, 1.82) is 0 Å². The number of fused-ring (bicyclic) bond motifs is 3. The number of carboxylic acid groups (broad SMARTS) is 1. The van der Waals surface area contributed by atoms with Gasteiger partial charge in [0.25, 0.3) is 0 Å². The smallest absolute Gasteiger partial charge is 0.407 e. The molecule has 1 aliphatic rings. The molecule has 0 aromatic heterocycles. The Morgan fingerprint density at radius 2 is 1.57 bits per heavy atom. The number of aliphatic carboxylic acids is 1. The third-order valence-electron chi connectivity index (χ3n) is 4.79. The summed E-state index contributed by atoms with van der Waals surface area (Å²) in [5.74, 6) is -0.749. The topological polar surface area (TPSA) is 84.9 Å². The van der Waals surface area contributed by atoms with Crippen molar-refractivity contribution < 1.29 is 24.2 Å². The Balaban J connectivity index is 1.39. The van der Waals surface area contributed by atoms with Gasteiger partial charge in [0.1, 0.15) is 6.61 Å². The van der Waals surface area contributed by atoms with Crippen molar-refractivity contribution in [2.45, 2.75) is 25.2 Å². The van der Waals surface area contributed by atoms with E-state index in [1.54, 1.807) is 0 Å². The fourth-order valence-corrected chi connectivity index (χ4v) is 3.46. The Hall–Kier alpha value is -2.86. The molecule has 0 bridgehead atoms. The monoisotopic (exact) mass is 383 g/mol. The Morgan fingerprint density at radius 1 is 0.929 bits per heavy atom. The largest absolute Gasteiger partial charge is 0.481 e. The Labute approximate surface area is 164 Å². The van der Waals surface area contributed by atoms with Crippen LogP contribution >= 0.6 is 0 Å². The van der Waals surface area contributed by atoms with E-state index in [0.29, 0.717) is 32.6 Å². The van der Waals surface area contributed by atoms with E-state index in [1.807, 2.05) is 24.3 Å². The maximum absolute atomic E-state index is 12.0. The minimum absolute atomic E-state index is 0.0450. The van der Waals surface area contributed by atoms with Gasteiger partial charge >= 0.3 is 12.1 Å². The molecule has 0 saturated carbocycles. The van der Waals surface area contributed by atoms with E-state index in [0.717, 1.165) is 0 Å². The Morgan fingerprint density at radius 3 is 2.21 bits per heavy atom. The Bertz CT molecular complexity index is 775. The molecule has 0 unspecified atom stereocenters. The van der Waals surface area contributed by atoms with Gasteiger partial charge < -0.3 is 19.9 Å². The number of amides is 1. The summed E-state index contributed by atoms with van der Waals surface area (Å²) in [5.41, 5.74) is 4.76. The standard InChI is InChI=1S/C22H25NO5/c24-21(25)11-5-6-13-27-14-12-23-22(26)28-15-20-18-9-3-1-7-16(18)17-8-2-4-10-19(17)20/h1-4,7-10,20H,5-6,11-15H2,(H,23,26)(H,24,25). The molecule has 1 aliphatic carbocycles. The van der Waals surface area contributed by atoms with Crippen LogP contribution < -0.4 is 5.32 Å². The molecular weight excluding hydrogens is 358 g/mol. The van der Waals surface area contributed by atoms with Crippen LogP contribution in [0.15, 0.2) is 48.5 Å². The lowest BCUT2D eigenvalue weighted by Gasteiger charge is -2.14. The second-order valence-electron chi connectivity index (χ2n) is 6.72. The zero-order chi connectivity index (χ0) is 19.8. The highest BCUT2D eigenvalue weighted by molar-refractivity contribution is 5.79. The number of rotatable bonds is 10. The maximum atomic E-state index is 12.0. The van der Waals surface area contributed by atoms with Gasteiger partial charge in [-0.15, -0.1) is 0 Å². The molecule has 3 rings (SSSR count). The van der Waals surface area contributed by atoms with Crippen LogP contribution in [0.4, 0.5) is 4.79 Å². The third-order valence-corrected chi connectivity index (χ3v) is 4.79. The molecular formula is C22H25NO5. The molecule has 0 saturated heterocycles. The van der Waals surface area contributed by atoms with E-state index in [4.69, 9.17) is 14.6 Å². The predicted octanol–water partition coefficient (Wildman–Crippen LogP) is 3.80. The molecule has 6 heteroatoms. The number of carbonyl (C=O) groups is 2. The molecule has 1 amide bonds. The minimum Gasteiger partial charge on any atom is -0.481 e. The molecule has 0 radical (unpaired) electrons. The van der Waals surface area contributed by atoms with E-state index < -0.39 is 12.1 Å². The van der Waals surface area contributed by atoms with Gasteiger partial charge in [0, 0.05) is 25.5 Å². The number of hydrogen-bond acceptors (Lipinski definition) is 4. The van der Waals surface area contributed by atoms with Crippen LogP contribution in [0.3, 0.4) is 0 Å². The molecule has 0 aliphatic heterocycles. The fourth-order valence-electron chi connectivity index (χ4n) is 3.46. The lowest BCUT2D eigenvalue weighted by molar-refractivity contribution is -0.137. The second-order valence-corrected chi connectivity index (χ2v) is 6.72. The molecule has 2 aromatic rings. The summed E-state index contributed by atoms with van der Waals surface area (Å²) in [6.45, 7) is 1.50. The van der Waals surface area contributed by atoms with Gasteiger partial charge in [0.05, 0.1) is 6.61 Å². The first-order valence-corrected chi connectivity index (χ1v) is 9.55. The van der Waals surface area contributed by atoms with Crippen molar-refractivity contribution in [3.63, 3.8) is 0 Å². The van der Waals surface area contributed by atoms with Crippen LogP contribution in [0.2, 0.25) is 0 Å². The summed E-state index contributed by atoms with van der Waals surface area (Å²) in [5, 5.41) is 11.2. The number of carbonyl (C=O) groups excluding carboxylic acids is 1. The molecule has 6 nitrogen and oxygen atoms in total. The zero-order valence-electron chi connectivity index (χ0n) is 15.7. The summed E-state index contributed by atoms with van der Waals surface area (Å²) in [6.07, 6.45) is 0.977. The number of carboxylic acids is 1. The van der Waals surface area contributed by atoms with Crippen molar-refractivity contribution in [3.05, 3.63) is 59.7 Å². The molecule has 0 atom stereocenters. The molecule has 148 valence electrons. The maximum Gasteiger partial charge on any atom is 0.407 e. The predicted molar refractivity (Wildman–Crippen MR) is 105 cm³/mol. The summed E-state index contributed by atoms with van der Waals surface area (Å²) < 4.78 is 10.8. The van der Waals surface area contributed by atoms with Crippen molar-refractivity contribution in [3.8, 4) is 11.1 Å². The van der Waals surface area contributed by atoms with E-state index in [-0.39, 0.29) is 18.9 Å². The van der Waals surface area contributed by atoms with E-state index in [2.05, 4.69) is 29.6 Å². The van der Waals surface area contributed by atoms with Gasteiger partial charge in [0.2, 0.25) is 0 Å². The first-order valence-electron chi connectivity index (χ1n) is 9.55. The van der Waals surface area contributed by atoms with Crippen LogP contribution in [-0.4, -0.2) is 43.5 Å². The number of hydrogen-bond donors (Lipinski definition) is 2. The zero-order valence-corrected chi connectivity index (χ0v) is 15.7. The molecule has 2 N–H and O–H groups in total. The van der Waals surface area contributed by atoms with Crippen LogP contribution in [-0.2, 0) is 14.3 Å². The van der Waals surface area contributed by atoms with Crippen molar-refractivity contribution in [2.75, 3.05) is 26.4 Å². The summed E-state index contributed by atoms with van der Waals surface area (Å²) in [7, 11) is 0. The van der Waals surface area contributed by atoms with E-state index in [1.165, 1.54) is 22.3 Å². The van der Waals surface area contributed by atoms with Crippen molar-refractivity contribution in [2.24, 2.45) is 0 Å². The lowest BCUT2D eigenvalue weighted by Crippen LogP contribution is -2.29. The van der Waals surface area contributed by atoms with Gasteiger partial charge in [-0.2, -0.15) is 0 Å². The highest BCUT2D eigenvalue weighted by Crippen LogP contribution is 2.44. The molecule has 0 fully saturated rings. The average molecular weight is 383 g/mol. The molecule has 28 heavy (non-hydrogen) atoms. The number of unbranched alkanes of at least 4 members (excludes halogenated alkanes) is 1. The first-order chi connectivity index (χ1) is 13.7. The SMILES string of the molecule is O=C(O)CCCCOCCNC(=O)OCC1c2ccccc2-c2ccccc21. The number of ether oxygens (including phenoxy) is 2. The number of alkyl carbamates (subject to hydrolysis) is 1. The Kier molecular flexibility index (Phi) is 7.03. The van der Waals surface area contributed by atoms with Crippen molar-refractivity contribution in [1.82, 2.24) is 5.32 Å². The lowest BCUT2D eigenvalue weighted by atomic mass is 9.98. The van der Waals surface area contributed by atoms with Crippen LogP contribution in [0.25, 0.3) is 11.1 Å². The summed E-state index contributed by atoms with van der Waals surface area (Å²) in [4.78, 5) is 22.4. The van der Waals surface area contributed by atoms with Gasteiger partial charge in [-0.3, -0.25) is 4.79 Å². The second kappa shape index (κ2) is 9.90. The minimum atomic E-state index is -0.795. The van der Waals surface area contributed by atoms with Crippen LogP contribution in [0.5, 0.6) is 0 Å². The van der Waals surface area contributed by atoms with Crippen LogP contribution in [0, 0.1) is 0 Å². The number of benzene rings is 2. The van der Waals surface area contributed by atoms with Crippen LogP contribution in [0.1, 0.15) is 36.3 Å². The first kappa shape index (κ1) is 19.9. The van der Waals surface area contributed by atoms with E-state index in [9.17, 15) is 9.59 Å².